The molecule has 3 rings (SSSR count). The maximum atomic E-state index is 11.6. The fourth-order valence-corrected chi connectivity index (χ4v) is 1.91. The van der Waals surface area contributed by atoms with Crippen LogP contribution in [-0.2, 0) is 11.8 Å². The molecule has 19 heavy (non-hydrogen) atoms. The van der Waals surface area contributed by atoms with Gasteiger partial charge in [0, 0.05) is 31.4 Å². The Hall–Kier alpha value is -1.99. The number of nitrogens with zero attached hydrogens (tertiary/aromatic N) is 3. The van der Waals surface area contributed by atoms with Crippen LogP contribution < -0.4 is 10.9 Å². The molecule has 1 unspecified atom stereocenters. The zero-order valence-electron chi connectivity index (χ0n) is 10.5. The van der Waals surface area contributed by atoms with Gasteiger partial charge in [-0.25, -0.2) is 0 Å². The number of pyridine rings is 1. The lowest BCUT2D eigenvalue weighted by molar-refractivity contribution is 0.0734. The number of aromatic nitrogens is 3. The van der Waals surface area contributed by atoms with Crippen molar-refractivity contribution in [1.82, 2.24) is 20.0 Å². The smallest absolute Gasteiger partial charge is 0.258 e. The van der Waals surface area contributed by atoms with E-state index in [9.17, 15) is 4.79 Å². The molecule has 1 aliphatic heterocycles. The Bertz CT molecular complexity index is 628. The molecule has 1 aliphatic rings. The molecule has 0 aromatic carbocycles. The van der Waals surface area contributed by atoms with Crippen molar-refractivity contribution >= 4 is 0 Å². The van der Waals surface area contributed by atoms with Crippen molar-refractivity contribution in [3.05, 3.63) is 34.5 Å². The highest BCUT2D eigenvalue weighted by Crippen LogP contribution is 2.18. The van der Waals surface area contributed by atoms with E-state index < -0.39 is 0 Å². The van der Waals surface area contributed by atoms with E-state index in [0.717, 1.165) is 6.54 Å². The highest BCUT2D eigenvalue weighted by Gasteiger charge is 2.21. The molecule has 7 heteroatoms. The average molecular weight is 262 g/mol. The fourth-order valence-electron chi connectivity index (χ4n) is 1.91. The van der Waals surface area contributed by atoms with Crippen LogP contribution in [0.4, 0.5) is 0 Å². The summed E-state index contributed by atoms with van der Waals surface area (Å²) in [5.41, 5.74) is 0.509. The molecule has 1 fully saturated rings. The fraction of sp³-hybridized carbons (Fsp3) is 0.417. The maximum absolute atomic E-state index is 11.6. The van der Waals surface area contributed by atoms with E-state index in [-0.39, 0.29) is 11.6 Å². The van der Waals surface area contributed by atoms with Crippen LogP contribution >= 0.6 is 0 Å². The summed E-state index contributed by atoms with van der Waals surface area (Å²) in [5.74, 6) is 0.899. The number of nitrogens with one attached hydrogen (secondary N) is 1. The summed E-state index contributed by atoms with van der Waals surface area (Å²) in [6.07, 6.45) is 1.67. The minimum Gasteiger partial charge on any atom is -0.378 e. The Morgan fingerprint density at radius 3 is 3.16 bits per heavy atom. The van der Waals surface area contributed by atoms with E-state index in [1.807, 2.05) is 0 Å². The molecule has 2 aromatic heterocycles. The molecule has 0 aliphatic carbocycles. The first-order chi connectivity index (χ1) is 9.24. The van der Waals surface area contributed by atoms with Gasteiger partial charge in [-0.15, -0.1) is 0 Å². The third-order valence-corrected chi connectivity index (χ3v) is 3.03. The van der Waals surface area contributed by atoms with Crippen molar-refractivity contribution in [3.8, 4) is 11.5 Å². The van der Waals surface area contributed by atoms with Crippen LogP contribution in [-0.4, -0.2) is 34.5 Å². The topological polar surface area (TPSA) is 82.2 Å². The highest BCUT2D eigenvalue weighted by molar-refractivity contribution is 5.51. The van der Waals surface area contributed by atoms with Gasteiger partial charge in [-0.2, -0.15) is 4.98 Å². The SMILES string of the molecule is Cn1ccc(-c2nc(C3COCCN3)no2)cc1=O. The van der Waals surface area contributed by atoms with Crippen LogP contribution in [0, 0.1) is 0 Å². The van der Waals surface area contributed by atoms with E-state index >= 15 is 0 Å². The van der Waals surface area contributed by atoms with E-state index in [0.29, 0.717) is 30.5 Å². The third kappa shape index (κ3) is 2.42. The maximum Gasteiger partial charge on any atom is 0.258 e. The van der Waals surface area contributed by atoms with Crippen molar-refractivity contribution in [2.75, 3.05) is 19.8 Å². The summed E-state index contributed by atoms with van der Waals surface area (Å²) in [5, 5.41) is 7.18. The zero-order valence-corrected chi connectivity index (χ0v) is 10.5. The lowest BCUT2D eigenvalue weighted by Crippen LogP contribution is -2.35. The second kappa shape index (κ2) is 4.94. The molecule has 1 saturated heterocycles. The van der Waals surface area contributed by atoms with Gasteiger partial charge < -0.3 is 19.1 Å². The first-order valence-electron chi connectivity index (χ1n) is 6.06. The highest BCUT2D eigenvalue weighted by atomic mass is 16.5. The number of aryl methyl sites for hydroxylation is 1. The van der Waals surface area contributed by atoms with Crippen molar-refractivity contribution in [3.63, 3.8) is 0 Å². The molecular formula is C12H14N4O3. The minimum atomic E-state index is -0.114. The number of hydrogen-bond donors (Lipinski definition) is 1. The molecule has 0 spiro atoms. The van der Waals surface area contributed by atoms with Crippen molar-refractivity contribution in [1.29, 1.82) is 0 Å². The van der Waals surface area contributed by atoms with E-state index in [1.165, 1.54) is 10.6 Å². The predicted octanol–water partition coefficient (Wildman–Crippen LogP) is 0.0962. The Morgan fingerprint density at radius 2 is 2.42 bits per heavy atom. The first-order valence-corrected chi connectivity index (χ1v) is 6.06. The van der Waals surface area contributed by atoms with E-state index in [2.05, 4.69) is 15.5 Å². The molecule has 0 amide bonds. The van der Waals surface area contributed by atoms with Crippen molar-refractivity contribution < 1.29 is 9.26 Å². The quantitative estimate of drug-likeness (QED) is 0.826. The predicted molar refractivity (Wildman–Crippen MR) is 66.5 cm³/mol. The first kappa shape index (κ1) is 12.1. The lowest BCUT2D eigenvalue weighted by atomic mass is 10.2. The van der Waals surface area contributed by atoms with Crippen LogP contribution in [0.15, 0.2) is 27.6 Å². The van der Waals surface area contributed by atoms with Crippen LogP contribution in [0.1, 0.15) is 11.9 Å². The molecule has 1 atom stereocenters. The third-order valence-electron chi connectivity index (χ3n) is 3.03. The number of morpholine rings is 1. The largest absolute Gasteiger partial charge is 0.378 e. The number of hydrogen-bond acceptors (Lipinski definition) is 6. The molecule has 1 N–H and O–H groups in total. The van der Waals surface area contributed by atoms with Crippen LogP contribution in [0.3, 0.4) is 0 Å². The Morgan fingerprint density at radius 1 is 1.53 bits per heavy atom. The Kier molecular flexibility index (Phi) is 3.14. The summed E-state index contributed by atoms with van der Waals surface area (Å²) in [7, 11) is 1.69. The lowest BCUT2D eigenvalue weighted by Gasteiger charge is -2.20. The van der Waals surface area contributed by atoms with Gasteiger partial charge in [-0.3, -0.25) is 4.79 Å². The standard InChI is InChI=1S/C12H14N4O3/c1-16-4-2-8(6-10(16)17)12-14-11(15-19-12)9-7-18-5-3-13-9/h2,4,6,9,13H,3,5,7H2,1H3. The van der Waals surface area contributed by atoms with Gasteiger partial charge in [-0.05, 0) is 6.07 Å². The molecule has 7 nitrogen and oxygen atoms in total. The summed E-state index contributed by atoms with van der Waals surface area (Å²) in [4.78, 5) is 15.9. The summed E-state index contributed by atoms with van der Waals surface area (Å²) >= 11 is 0. The van der Waals surface area contributed by atoms with E-state index in [1.54, 1.807) is 19.3 Å². The summed E-state index contributed by atoms with van der Waals surface area (Å²) in [6.45, 7) is 1.98. The molecule has 0 radical (unpaired) electrons. The molecule has 2 aromatic rings. The molecule has 3 heterocycles. The van der Waals surface area contributed by atoms with Gasteiger partial charge in [-0.1, -0.05) is 5.16 Å². The van der Waals surface area contributed by atoms with Crippen LogP contribution in [0.2, 0.25) is 0 Å². The van der Waals surface area contributed by atoms with Gasteiger partial charge in [0.1, 0.15) is 0 Å². The second-order valence-corrected chi connectivity index (χ2v) is 4.40. The Labute approximate surface area is 109 Å². The number of rotatable bonds is 2. The monoisotopic (exact) mass is 262 g/mol. The minimum absolute atomic E-state index is 0.0576. The van der Waals surface area contributed by atoms with Gasteiger partial charge in [0.05, 0.1) is 19.3 Å². The average Bonchev–Trinajstić information content (AvgIpc) is 2.93. The van der Waals surface area contributed by atoms with Gasteiger partial charge in [0.15, 0.2) is 5.82 Å². The second-order valence-electron chi connectivity index (χ2n) is 4.40. The van der Waals surface area contributed by atoms with Gasteiger partial charge in [0.2, 0.25) is 0 Å². The van der Waals surface area contributed by atoms with Crippen LogP contribution in [0.5, 0.6) is 0 Å². The molecule has 0 bridgehead atoms. The van der Waals surface area contributed by atoms with E-state index in [4.69, 9.17) is 9.26 Å². The molecule has 100 valence electrons. The summed E-state index contributed by atoms with van der Waals surface area (Å²) in [6, 6.07) is 3.18. The molecule has 0 saturated carbocycles. The Balaban J connectivity index is 1.87. The van der Waals surface area contributed by atoms with Crippen LogP contribution in [0.25, 0.3) is 11.5 Å². The van der Waals surface area contributed by atoms with Crippen molar-refractivity contribution in [2.45, 2.75) is 6.04 Å². The van der Waals surface area contributed by atoms with Crippen molar-refractivity contribution in [2.24, 2.45) is 7.05 Å². The van der Waals surface area contributed by atoms with Gasteiger partial charge in [0.25, 0.3) is 11.4 Å². The van der Waals surface area contributed by atoms with Gasteiger partial charge >= 0.3 is 0 Å². The number of ether oxygens (including phenoxy) is 1. The normalized spacial score (nSPS) is 19.5. The zero-order chi connectivity index (χ0) is 13.2. The molecular weight excluding hydrogens is 248 g/mol. The summed E-state index contributed by atoms with van der Waals surface area (Å²) < 4.78 is 12.0.